The second-order valence-corrected chi connectivity index (χ2v) is 5.21. The van der Waals surface area contributed by atoms with Gasteiger partial charge in [0.15, 0.2) is 0 Å². The first-order valence-electron chi connectivity index (χ1n) is 7.25. The van der Waals surface area contributed by atoms with Crippen molar-refractivity contribution >= 4 is 0 Å². The summed E-state index contributed by atoms with van der Waals surface area (Å²) in [7, 11) is 0. The highest BCUT2D eigenvalue weighted by Crippen LogP contribution is 2.24. The van der Waals surface area contributed by atoms with Gasteiger partial charge in [-0.1, -0.05) is 31.2 Å². The summed E-state index contributed by atoms with van der Waals surface area (Å²) in [6, 6.07) is 11.2. The summed E-state index contributed by atoms with van der Waals surface area (Å²) < 4.78 is 5.80. The van der Waals surface area contributed by atoms with Gasteiger partial charge in [-0.3, -0.25) is 4.98 Å². The fraction of sp³-hybridized carbons (Fsp3) is 0.353. The Kier molecular flexibility index (Phi) is 3.97. The molecule has 0 saturated carbocycles. The Bertz CT molecular complexity index is 579. The van der Waals surface area contributed by atoms with Crippen molar-refractivity contribution in [3.63, 3.8) is 0 Å². The Balaban J connectivity index is 1.75. The van der Waals surface area contributed by atoms with Gasteiger partial charge in [0.2, 0.25) is 0 Å². The van der Waals surface area contributed by atoms with Crippen LogP contribution in [0.3, 0.4) is 0 Å². The van der Waals surface area contributed by atoms with Crippen LogP contribution >= 0.6 is 0 Å². The van der Waals surface area contributed by atoms with Crippen LogP contribution < -0.4 is 10.1 Å². The molecule has 3 heteroatoms. The summed E-state index contributed by atoms with van der Waals surface area (Å²) in [6.07, 6.45) is 5.92. The molecule has 1 saturated heterocycles. The van der Waals surface area contributed by atoms with E-state index in [0.717, 1.165) is 30.9 Å². The topological polar surface area (TPSA) is 34.1 Å². The molecule has 2 heterocycles. The van der Waals surface area contributed by atoms with Crippen molar-refractivity contribution in [1.29, 1.82) is 0 Å². The number of benzene rings is 1. The number of hydrogen-bond donors (Lipinski definition) is 1. The van der Waals surface area contributed by atoms with Crippen LogP contribution in [0.1, 0.15) is 18.9 Å². The molecule has 104 valence electrons. The Morgan fingerprint density at radius 2 is 2.15 bits per heavy atom. The van der Waals surface area contributed by atoms with Crippen LogP contribution in [0.25, 0.3) is 11.1 Å². The SMILES string of the molecule is CCc1cccc(-c2cncc(OCC3CCN3)c2)c1. The molecule has 0 aliphatic carbocycles. The number of nitrogens with zero attached hydrogens (tertiary/aromatic N) is 1. The van der Waals surface area contributed by atoms with Crippen LogP contribution in [-0.4, -0.2) is 24.2 Å². The number of rotatable bonds is 5. The van der Waals surface area contributed by atoms with Gasteiger partial charge in [-0.25, -0.2) is 0 Å². The van der Waals surface area contributed by atoms with Gasteiger partial charge < -0.3 is 10.1 Å². The molecule has 0 radical (unpaired) electrons. The summed E-state index contributed by atoms with van der Waals surface area (Å²) in [4.78, 5) is 4.29. The molecule has 1 N–H and O–H groups in total. The zero-order valence-electron chi connectivity index (χ0n) is 11.8. The number of aromatic nitrogens is 1. The lowest BCUT2D eigenvalue weighted by Gasteiger charge is -2.27. The van der Waals surface area contributed by atoms with Crippen molar-refractivity contribution in [3.8, 4) is 16.9 Å². The smallest absolute Gasteiger partial charge is 0.138 e. The molecule has 2 aromatic rings. The second kappa shape index (κ2) is 6.06. The van der Waals surface area contributed by atoms with Gasteiger partial charge >= 0.3 is 0 Å². The minimum Gasteiger partial charge on any atom is -0.490 e. The van der Waals surface area contributed by atoms with Gasteiger partial charge in [0.05, 0.1) is 6.20 Å². The van der Waals surface area contributed by atoms with E-state index in [9.17, 15) is 0 Å². The monoisotopic (exact) mass is 268 g/mol. The highest BCUT2D eigenvalue weighted by atomic mass is 16.5. The predicted octanol–water partition coefficient (Wildman–Crippen LogP) is 3.05. The quantitative estimate of drug-likeness (QED) is 0.905. The lowest BCUT2D eigenvalue weighted by molar-refractivity contribution is 0.217. The third kappa shape index (κ3) is 2.99. The van der Waals surface area contributed by atoms with Crippen molar-refractivity contribution in [2.45, 2.75) is 25.8 Å². The van der Waals surface area contributed by atoms with Crippen LogP contribution in [0.2, 0.25) is 0 Å². The number of hydrogen-bond acceptors (Lipinski definition) is 3. The summed E-state index contributed by atoms with van der Waals surface area (Å²) in [5.41, 5.74) is 3.65. The molecule has 0 bridgehead atoms. The Hall–Kier alpha value is -1.87. The molecule has 20 heavy (non-hydrogen) atoms. The molecule has 1 aliphatic rings. The van der Waals surface area contributed by atoms with Gasteiger partial charge in [-0.05, 0) is 36.6 Å². The van der Waals surface area contributed by atoms with E-state index in [1.165, 1.54) is 17.5 Å². The van der Waals surface area contributed by atoms with E-state index in [1.807, 2.05) is 6.20 Å². The van der Waals surface area contributed by atoms with E-state index in [-0.39, 0.29) is 0 Å². The fourth-order valence-electron chi connectivity index (χ4n) is 2.31. The number of ether oxygens (including phenoxy) is 1. The normalized spacial score (nSPS) is 17.6. The first-order chi connectivity index (χ1) is 9.85. The van der Waals surface area contributed by atoms with E-state index in [4.69, 9.17) is 4.74 Å². The fourth-order valence-corrected chi connectivity index (χ4v) is 2.31. The van der Waals surface area contributed by atoms with E-state index < -0.39 is 0 Å². The third-order valence-electron chi connectivity index (χ3n) is 3.76. The molecular weight excluding hydrogens is 248 g/mol. The summed E-state index contributed by atoms with van der Waals surface area (Å²) in [6.45, 7) is 4.00. The molecule has 3 rings (SSSR count). The van der Waals surface area contributed by atoms with E-state index in [0.29, 0.717) is 6.04 Å². The van der Waals surface area contributed by atoms with Gasteiger partial charge in [0.25, 0.3) is 0 Å². The molecule has 1 fully saturated rings. The number of pyridine rings is 1. The highest BCUT2D eigenvalue weighted by Gasteiger charge is 2.16. The zero-order chi connectivity index (χ0) is 13.8. The first-order valence-corrected chi connectivity index (χ1v) is 7.25. The number of aryl methyl sites for hydroxylation is 1. The summed E-state index contributed by atoms with van der Waals surface area (Å²) in [5.74, 6) is 0.845. The standard InChI is InChI=1S/C17H20N2O/c1-2-13-4-3-5-14(8-13)15-9-17(11-18-10-15)20-12-16-6-7-19-16/h3-5,8-11,16,19H,2,6-7,12H2,1H3. The molecule has 1 atom stereocenters. The van der Waals surface area contributed by atoms with Crippen molar-refractivity contribution in [1.82, 2.24) is 10.3 Å². The van der Waals surface area contributed by atoms with Crippen LogP contribution in [0.5, 0.6) is 5.75 Å². The van der Waals surface area contributed by atoms with Crippen LogP contribution in [0.4, 0.5) is 0 Å². The lowest BCUT2D eigenvalue weighted by Crippen LogP contribution is -2.46. The lowest BCUT2D eigenvalue weighted by atomic mass is 10.0. The Morgan fingerprint density at radius 1 is 1.25 bits per heavy atom. The van der Waals surface area contributed by atoms with Crippen molar-refractivity contribution in [2.24, 2.45) is 0 Å². The minimum absolute atomic E-state index is 0.502. The first kappa shape index (κ1) is 13.1. The Labute approximate surface area is 120 Å². The maximum atomic E-state index is 5.80. The molecule has 1 aliphatic heterocycles. The summed E-state index contributed by atoms with van der Waals surface area (Å²) >= 11 is 0. The molecule has 1 unspecified atom stereocenters. The average Bonchev–Trinajstić information content (AvgIpc) is 2.46. The average molecular weight is 268 g/mol. The maximum absolute atomic E-state index is 5.80. The molecule has 3 nitrogen and oxygen atoms in total. The van der Waals surface area contributed by atoms with Crippen LogP contribution in [0, 0.1) is 0 Å². The van der Waals surface area contributed by atoms with E-state index in [2.05, 4.69) is 47.6 Å². The summed E-state index contributed by atoms with van der Waals surface area (Å²) in [5, 5.41) is 3.33. The van der Waals surface area contributed by atoms with Gasteiger partial charge in [-0.15, -0.1) is 0 Å². The van der Waals surface area contributed by atoms with Gasteiger partial charge in [0.1, 0.15) is 12.4 Å². The van der Waals surface area contributed by atoms with E-state index in [1.54, 1.807) is 6.20 Å². The molecule has 1 aromatic heterocycles. The molecule has 0 spiro atoms. The molecule has 0 amide bonds. The van der Waals surface area contributed by atoms with Crippen molar-refractivity contribution in [3.05, 3.63) is 48.3 Å². The van der Waals surface area contributed by atoms with Gasteiger partial charge in [0, 0.05) is 17.8 Å². The maximum Gasteiger partial charge on any atom is 0.138 e. The molecule has 1 aromatic carbocycles. The largest absolute Gasteiger partial charge is 0.490 e. The highest BCUT2D eigenvalue weighted by molar-refractivity contribution is 5.64. The van der Waals surface area contributed by atoms with Crippen molar-refractivity contribution in [2.75, 3.05) is 13.2 Å². The zero-order valence-corrected chi connectivity index (χ0v) is 11.8. The second-order valence-electron chi connectivity index (χ2n) is 5.21. The predicted molar refractivity (Wildman–Crippen MR) is 81.0 cm³/mol. The van der Waals surface area contributed by atoms with Crippen molar-refractivity contribution < 1.29 is 4.74 Å². The van der Waals surface area contributed by atoms with Crippen LogP contribution in [0.15, 0.2) is 42.7 Å². The number of nitrogens with one attached hydrogen (secondary N) is 1. The molecular formula is C17H20N2O. The third-order valence-corrected chi connectivity index (χ3v) is 3.76. The minimum atomic E-state index is 0.502. The van der Waals surface area contributed by atoms with E-state index >= 15 is 0 Å². The van der Waals surface area contributed by atoms with Gasteiger partial charge in [-0.2, -0.15) is 0 Å². The van der Waals surface area contributed by atoms with Crippen LogP contribution in [-0.2, 0) is 6.42 Å². The Morgan fingerprint density at radius 3 is 2.90 bits per heavy atom.